The Kier molecular flexibility index (Phi) is 5.49. The molecule has 0 aliphatic carbocycles. The predicted octanol–water partition coefficient (Wildman–Crippen LogP) is 3.57. The third-order valence-electron chi connectivity index (χ3n) is 3.97. The molecule has 2 aromatic carbocycles. The van der Waals surface area contributed by atoms with E-state index in [1.165, 1.54) is 0 Å². The third kappa shape index (κ3) is 4.00. The maximum Gasteiger partial charge on any atom is 0.338 e. The normalized spacial score (nSPS) is 17.0. The van der Waals surface area contributed by atoms with Crippen molar-refractivity contribution in [3.05, 3.63) is 89.1 Å². The van der Waals surface area contributed by atoms with Gasteiger partial charge in [-0.3, -0.25) is 0 Å². The average Bonchev–Trinajstić information content (AvgIpc) is 2.67. The molecule has 2 N–H and O–H groups in total. The SMILES string of the molecule is CCOC(=O)C1=C(/C=C/c2ccccc2)NC(=O)N[C@@H]1c1ccccc1. The quantitative estimate of drug-likeness (QED) is 0.812. The minimum atomic E-state index is -0.570. The highest BCUT2D eigenvalue weighted by molar-refractivity contribution is 5.96. The molecule has 1 aliphatic rings. The zero-order valence-electron chi connectivity index (χ0n) is 14.4. The molecule has 0 bridgehead atoms. The molecule has 132 valence electrons. The number of carbonyl (C=O) groups excluding carboxylic acids is 2. The summed E-state index contributed by atoms with van der Waals surface area (Å²) in [7, 11) is 0. The number of urea groups is 1. The molecule has 2 amide bonds. The van der Waals surface area contributed by atoms with E-state index in [0.717, 1.165) is 11.1 Å². The van der Waals surface area contributed by atoms with Crippen LogP contribution in [0, 0.1) is 0 Å². The molecule has 2 aromatic rings. The lowest BCUT2D eigenvalue weighted by molar-refractivity contribution is -0.139. The number of carbonyl (C=O) groups is 2. The molecule has 5 nitrogen and oxygen atoms in total. The predicted molar refractivity (Wildman–Crippen MR) is 100.0 cm³/mol. The number of nitrogens with one attached hydrogen (secondary N) is 2. The summed E-state index contributed by atoms with van der Waals surface area (Å²) in [4.78, 5) is 24.8. The molecule has 0 aromatic heterocycles. The van der Waals surface area contributed by atoms with Gasteiger partial charge in [-0.15, -0.1) is 0 Å². The summed E-state index contributed by atoms with van der Waals surface area (Å²) >= 11 is 0. The van der Waals surface area contributed by atoms with Crippen molar-refractivity contribution in [2.24, 2.45) is 0 Å². The molecular weight excluding hydrogens is 328 g/mol. The van der Waals surface area contributed by atoms with Crippen LogP contribution in [0.1, 0.15) is 24.1 Å². The van der Waals surface area contributed by atoms with E-state index in [1.54, 1.807) is 13.0 Å². The zero-order chi connectivity index (χ0) is 18.4. The number of ether oxygens (including phenoxy) is 1. The Morgan fingerprint density at radius 2 is 1.69 bits per heavy atom. The molecule has 0 saturated heterocycles. The monoisotopic (exact) mass is 348 g/mol. The number of hydrogen-bond acceptors (Lipinski definition) is 3. The van der Waals surface area contributed by atoms with Gasteiger partial charge in [0.2, 0.25) is 0 Å². The average molecular weight is 348 g/mol. The lowest BCUT2D eigenvalue weighted by Gasteiger charge is -2.28. The van der Waals surface area contributed by atoms with Gasteiger partial charge in [-0.25, -0.2) is 9.59 Å². The van der Waals surface area contributed by atoms with Crippen LogP contribution in [-0.4, -0.2) is 18.6 Å². The largest absolute Gasteiger partial charge is 0.463 e. The van der Waals surface area contributed by atoms with E-state index in [0.29, 0.717) is 11.3 Å². The second-order valence-corrected chi connectivity index (χ2v) is 5.73. The second kappa shape index (κ2) is 8.16. The minimum Gasteiger partial charge on any atom is -0.463 e. The van der Waals surface area contributed by atoms with Crippen LogP contribution in [0.5, 0.6) is 0 Å². The van der Waals surface area contributed by atoms with Gasteiger partial charge in [-0.2, -0.15) is 0 Å². The molecule has 1 atom stereocenters. The van der Waals surface area contributed by atoms with Crippen molar-refractivity contribution in [1.82, 2.24) is 10.6 Å². The van der Waals surface area contributed by atoms with Gasteiger partial charge in [0.25, 0.3) is 0 Å². The summed E-state index contributed by atoms with van der Waals surface area (Å²) in [5, 5.41) is 5.53. The lowest BCUT2D eigenvalue weighted by atomic mass is 9.95. The van der Waals surface area contributed by atoms with E-state index in [-0.39, 0.29) is 12.6 Å². The summed E-state index contributed by atoms with van der Waals surface area (Å²) in [6.45, 7) is 2.01. The van der Waals surface area contributed by atoms with Crippen LogP contribution in [0.25, 0.3) is 6.08 Å². The van der Waals surface area contributed by atoms with Crippen molar-refractivity contribution in [3.8, 4) is 0 Å². The van der Waals surface area contributed by atoms with Gasteiger partial charge in [-0.1, -0.05) is 66.7 Å². The molecule has 1 aliphatic heterocycles. The molecule has 1 heterocycles. The maximum atomic E-state index is 12.6. The van der Waals surface area contributed by atoms with E-state index in [2.05, 4.69) is 10.6 Å². The zero-order valence-corrected chi connectivity index (χ0v) is 14.4. The summed E-state index contributed by atoms with van der Waals surface area (Å²) < 4.78 is 5.23. The van der Waals surface area contributed by atoms with Gasteiger partial charge >= 0.3 is 12.0 Å². The van der Waals surface area contributed by atoms with Gasteiger partial charge in [0.1, 0.15) is 0 Å². The Hall–Kier alpha value is -3.34. The van der Waals surface area contributed by atoms with E-state index in [4.69, 9.17) is 4.74 Å². The molecule has 3 rings (SSSR count). The number of hydrogen-bond donors (Lipinski definition) is 2. The molecular formula is C21H20N2O3. The number of amides is 2. The first kappa shape index (κ1) is 17.5. The first-order valence-electron chi connectivity index (χ1n) is 8.46. The van der Waals surface area contributed by atoms with Gasteiger partial charge in [0.05, 0.1) is 23.9 Å². The van der Waals surface area contributed by atoms with Gasteiger partial charge in [-0.05, 0) is 24.1 Å². The highest BCUT2D eigenvalue weighted by Gasteiger charge is 2.32. The van der Waals surface area contributed by atoms with Gasteiger partial charge in [0, 0.05) is 0 Å². The fourth-order valence-corrected chi connectivity index (χ4v) is 2.79. The Morgan fingerprint density at radius 3 is 2.35 bits per heavy atom. The molecule has 0 fully saturated rings. The molecule has 0 radical (unpaired) electrons. The Balaban J connectivity index is 2.05. The van der Waals surface area contributed by atoms with Crippen LogP contribution in [-0.2, 0) is 9.53 Å². The number of allylic oxidation sites excluding steroid dienone is 1. The molecule has 0 saturated carbocycles. The second-order valence-electron chi connectivity index (χ2n) is 5.73. The van der Waals surface area contributed by atoms with E-state index >= 15 is 0 Å². The maximum absolute atomic E-state index is 12.6. The fraction of sp³-hybridized carbons (Fsp3) is 0.143. The third-order valence-corrected chi connectivity index (χ3v) is 3.97. The van der Waals surface area contributed by atoms with Crippen LogP contribution >= 0.6 is 0 Å². The van der Waals surface area contributed by atoms with Crippen molar-refractivity contribution in [2.45, 2.75) is 13.0 Å². The Labute approximate surface area is 152 Å². The van der Waals surface area contributed by atoms with Crippen molar-refractivity contribution < 1.29 is 14.3 Å². The summed E-state index contributed by atoms with van der Waals surface area (Å²) in [6, 6.07) is 18.1. The fourth-order valence-electron chi connectivity index (χ4n) is 2.79. The number of esters is 1. The summed E-state index contributed by atoms with van der Waals surface area (Å²) in [5.41, 5.74) is 2.60. The first-order valence-corrected chi connectivity index (χ1v) is 8.46. The first-order chi connectivity index (χ1) is 12.7. The molecule has 0 unspecified atom stereocenters. The van der Waals surface area contributed by atoms with Crippen molar-refractivity contribution >= 4 is 18.1 Å². The molecule has 5 heteroatoms. The number of benzene rings is 2. The summed E-state index contributed by atoms with van der Waals surface area (Å²) in [5.74, 6) is -0.457. The lowest BCUT2D eigenvalue weighted by Crippen LogP contribution is -2.45. The summed E-state index contributed by atoms with van der Waals surface area (Å²) in [6.07, 6.45) is 3.58. The minimum absolute atomic E-state index is 0.257. The van der Waals surface area contributed by atoms with E-state index in [1.807, 2.05) is 66.7 Å². The van der Waals surface area contributed by atoms with Crippen LogP contribution < -0.4 is 10.6 Å². The number of rotatable bonds is 5. The van der Waals surface area contributed by atoms with Crippen LogP contribution in [0.15, 0.2) is 78.0 Å². The Bertz CT molecular complexity index is 842. The van der Waals surface area contributed by atoms with Crippen LogP contribution in [0.2, 0.25) is 0 Å². The van der Waals surface area contributed by atoms with Crippen molar-refractivity contribution in [3.63, 3.8) is 0 Å². The van der Waals surface area contributed by atoms with Crippen molar-refractivity contribution in [2.75, 3.05) is 6.61 Å². The molecule has 0 spiro atoms. The molecule has 26 heavy (non-hydrogen) atoms. The standard InChI is InChI=1S/C21H20N2O3/c1-2-26-20(24)18-17(14-13-15-9-5-3-6-10-15)22-21(25)23-19(18)16-11-7-4-8-12-16/h3-14,19H,2H2,1H3,(H2,22,23,25)/b14-13+/t19-/m1/s1. The smallest absolute Gasteiger partial charge is 0.338 e. The van der Waals surface area contributed by atoms with E-state index < -0.39 is 12.0 Å². The highest BCUT2D eigenvalue weighted by Crippen LogP contribution is 2.28. The van der Waals surface area contributed by atoms with Gasteiger partial charge < -0.3 is 15.4 Å². The van der Waals surface area contributed by atoms with Crippen LogP contribution in [0.3, 0.4) is 0 Å². The Morgan fingerprint density at radius 1 is 1.04 bits per heavy atom. The van der Waals surface area contributed by atoms with Crippen molar-refractivity contribution in [1.29, 1.82) is 0 Å². The van der Waals surface area contributed by atoms with E-state index in [9.17, 15) is 9.59 Å². The van der Waals surface area contributed by atoms with Crippen LogP contribution in [0.4, 0.5) is 4.79 Å². The highest BCUT2D eigenvalue weighted by atomic mass is 16.5. The topological polar surface area (TPSA) is 67.4 Å². The van der Waals surface area contributed by atoms with Gasteiger partial charge in [0.15, 0.2) is 0 Å².